The Balaban J connectivity index is 1.65. The van der Waals surface area contributed by atoms with E-state index in [1.165, 1.54) is 0 Å². The highest BCUT2D eigenvalue weighted by Gasteiger charge is 2.36. The van der Waals surface area contributed by atoms with Gasteiger partial charge in [-0.2, -0.15) is 0 Å². The van der Waals surface area contributed by atoms with E-state index in [2.05, 4.69) is 17.6 Å². The molecular weight excluding hydrogens is 282 g/mol. The minimum absolute atomic E-state index is 0.0870. The summed E-state index contributed by atoms with van der Waals surface area (Å²) in [5.41, 5.74) is 0.742. The summed E-state index contributed by atoms with van der Waals surface area (Å²) in [6.07, 6.45) is 0.856. The summed E-state index contributed by atoms with van der Waals surface area (Å²) in [7, 11) is 0. The van der Waals surface area contributed by atoms with E-state index in [9.17, 15) is 14.4 Å². The van der Waals surface area contributed by atoms with Crippen LogP contribution in [-0.2, 0) is 4.79 Å². The molecule has 2 heterocycles. The Morgan fingerprint density at radius 2 is 1.91 bits per heavy atom. The average molecular weight is 301 g/mol. The van der Waals surface area contributed by atoms with Crippen molar-refractivity contribution >= 4 is 17.7 Å². The molecule has 1 saturated heterocycles. The molecule has 0 radical (unpaired) electrons. The number of piperidine rings is 1. The maximum absolute atomic E-state index is 12.2. The minimum atomic E-state index is -0.394. The monoisotopic (exact) mass is 301 g/mol. The van der Waals surface area contributed by atoms with Crippen molar-refractivity contribution in [3.63, 3.8) is 0 Å². The highest BCUT2D eigenvalue weighted by Crippen LogP contribution is 2.22. The molecule has 0 aromatic heterocycles. The van der Waals surface area contributed by atoms with Crippen LogP contribution in [0.15, 0.2) is 24.3 Å². The third-order valence-corrected chi connectivity index (χ3v) is 4.31. The van der Waals surface area contributed by atoms with Crippen LogP contribution in [0.4, 0.5) is 0 Å². The molecular formula is C16H19N3O3. The number of imide groups is 1. The quantitative estimate of drug-likeness (QED) is 0.792. The van der Waals surface area contributed by atoms with Gasteiger partial charge >= 0.3 is 0 Å². The van der Waals surface area contributed by atoms with E-state index >= 15 is 0 Å². The van der Waals surface area contributed by atoms with Crippen LogP contribution in [0.1, 0.15) is 34.1 Å². The van der Waals surface area contributed by atoms with Crippen LogP contribution < -0.4 is 10.6 Å². The Kier molecular flexibility index (Phi) is 3.94. The van der Waals surface area contributed by atoms with Gasteiger partial charge in [-0.25, -0.2) is 0 Å². The summed E-state index contributed by atoms with van der Waals surface area (Å²) in [6.45, 7) is 3.57. The standard InChI is InChI=1S/C16H19N3O3/c1-10-8-17-7-6-13(10)18-14(20)9-19-15(21)11-4-2-3-5-12(11)16(19)22/h2-5,10,13,17H,6-9H2,1H3,(H,18,20). The zero-order valence-corrected chi connectivity index (χ0v) is 12.5. The Hall–Kier alpha value is -2.21. The number of rotatable bonds is 3. The van der Waals surface area contributed by atoms with Crippen molar-refractivity contribution in [3.05, 3.63) is 35.4 Å². The molecule has 6 heteroatoms. The fourth-order valence-corrected chi connectivity index (χ4v) is 3.01. The topological polar surface area (TPSA) is 78.5 Å². The van der Waals surface area contributed by atoms with Gasteiger partial charge < -0.3 is 10.6 Å². The lowest BCUT2D eigenvalue weighted by atomic mass is 9.95. The summed E-state index contributed by atoms with van der Waals surface area (Å²) in [4.78, 5) is 37.6. The van der Waals surface area contributed by atoms with E-state index in [4.69, 9.17) is 0 Å². The number of nitrogens with zero attached hydrogens (tertiary/aromatic N) is 1. The fraction of sp³-hybridized carbons (Fsp3) is 0.438. The molecule has 2 N–H and O–H groups in total. The second-order valence-electron chi connectivity index (χ2n) is 5.89. The second-order valence-corrected chi connectivity index (χ2v) is 5.89. The van der Waals surface area contributed by atoms with Gasteiger partial charge in [-0.3, -0.25) is 19.3 Å². The van der Waals surface area contributed by atoms with Crippen molar-refractivity contribution in [2.24, 2.45) is 5.92 Å². The predicted molar refractivity (Wildman–Crippen MR) is 80.4 cm³/mol. The molecule has 1 fully saturated rings. The van der Waals surface area contributed by atoms with E-state index in [0.717, 1.165) is 24.4 Å². The molecule has 0 bridgehead atoms. The lowest BCUT2D eigenvalue weighted by molar-refractivity contribution is -0.122. The molecule has 2 aliphatic rings. The van der Waals surface area contributed by atoms with Crippen molar-refractivity contribution in [1.29, 1.82) is 0 Å². The van der Waals surface area contributed by atoms with Gasteiger partial charge in [-0.05, 0) is 37.6 Å². The summed E-state index contributed by atoms with van der Waals surface area (Å²) in [5.74, 6) is -0.739. The van der Waals surface area contributed by atoms with Gasteiger partial charge in [-0.15, -0.1) is 0 Å². The molecule has 0 spiro atoms. The molecule has 2 aliphatic heterocycles. The van der Waals surface area contributed by atoms with Gasteiger partial charge in [0.1, 0.15) is 6.54 Å². The van der Waals surface area contributed by atoms with Crippen LogP contribution in [0.5, 0.6) is 0 Å². The molecule has 1 aromatic rings. The molecule has 3 amide bonds. The highest BCUT2D eigenvalue weighted by molar-refractivity contribution is 6.22. The molecule has 6 nitrogen and oxygen atoms in total. The summed E-state index contributed by atoms with van der Waals surface area (Å²) >= 11 is 0. The van der Waals surface area contributed by atoms with E-state index in [1.54, 1.807) is 24.3 Å². The third kappa shape index (κ3) is 2.62. The van der Waals surface area contributed by atoms with Crippen molar-refractivity contribution in [2.45, 2.75) is 19.4 Å². The number of hydrogen-bond donors (Lipinski definition) is 2. The maximum Gasteiger partial charge on any atom is 0.262 e. The molecule has 116 valence electrons. The van der Waals surface area contributed by atoms with Gasteiger partial charge in [0.2, 0.25) is 5.91 Å². The molecule has 1 aromatic carbocycles. The van der Waals surface area contributed by atoms with E-state index < -0.39 is 11.8 Å². The first-order valence-electron chi connectivity index (χ1n) is 7.53. The van der Waals surface area contributed by atoms with Crippen LogP contribution in [0.2, 0.25) is 0 Å². The van der Waals surface area contributed by atoms with Crippen LogP contribution in [0, 0.1) is 5.92 Å². The van der Waals surface area contributed by atoms with Crippen LogP contribution >= 0.6 is 0 Å². The van der Waals surface area contributed by atoms with Crippen molar-refractivity contribution in [3.8, 4) is 0 Å². The van der Waals surface area contributed by atoms with Crippen molar-refractivity contribution in [2.75, 3.05) is 19.6 Å². The van der Waals surface area contributed by atoms with E-state index in [1.807, 2.05) is 0 Å². The summed E-state index contributed by atoms with van der Waals surface area (Å²) < 4.78 is 0. The number of hydrogen-bond acceptors (Lipinski definition) is 4. The average Bonchev–Trinajstić information content (AvgIpc) is 2.75. The number of carbonyl (C=O) groups is 3. The first kappa shape index (κ1) is 14.7. The highest BCUT2D eigenvalue weighted by atomic mass is 16.2. The van der Waals surface area contributed by atoms with Gasteiger partial charge in [0.15, 0.2) is 0 Å². The van der Waals surface area contributed by atoms with Gasteiger partial charge in [0, 0.05) is 6.04 Å². The molecule has 22 heavy (non-hydrogen) atoms. The summed E-state index contributed by atoms with van der Waals surface area (Å²) in [5, 5.41) is 6.21. The SMILES string of the molecule is CC1CNCCC1NC(=O)CN1C(=O)c2ccccc2C1=O. The third-order valence-electron chi connectivity index (χ3n) is 4.31. The normalized spacial score (nSPS) is 24.3. The molecule has 0 saturated carbocycles. The first-order chi connectivity index (χ1) is 10.6. The second kappa shape index (κ2) is 5.88. The zero-order chi connectivity index (χ0) is 15.7. The Morgan fingerprint density at radius 1 is 1.27 bits per heavy atom. The largest absolute Gasteiger partial charge is 0.351 e. The molecule has 0 aliphatic carbocycles. The number of nitrogens with one attached hydrogen (secondary N) is 2. The molecule has 2 unspecified atom stereocenters. The Labute approximate surface area is 128 Å². The number of carbonyl (C=O) groups excluding carboxylic acids is 3. The fourth-order valence-electron chi connectivity index (χ4n) is 3.01. The van der Waals surface area contributed by atoms with E-state index in [-0.39, 0.29) is 18.5 Å². The number of amides is 3. The minimum Gasteiger partial charge on any atom is -0.351 e. The van der Waals surface area contributed by atoms with Crippen LogP contribution in [0.25, 0.3) is 0 Å². The van der Waals surface area contributed by atoms with Crippen LogP contribution in [0.3, 0.4) is 0 Å². The zero-order valence-electron chi connectivity index (χ0n) is 12.5. The smallest absolute Gasteiger partial charge is 0.262 e. The lowest BCUT2D eigenvalue weighted by Gasteiger charge is -2.30. The van der Waals surface area contributed by atoms with E-state index in [0.29, 0.717) is 17.0 Å². The first-order valence-corrected chi connectivity index (χ1v) is 7.53. The molecule has 2 atom stereocenters. The predicted octanol–water partition coefficient (Wildman–Crippen LogP) is 0.397. The number of fused-ring (bicyclic) bond motifs is 1. The summed E-state index contributed by atoms with van der Waals surface area (Å²) in [6, 6.07) is 6.74. The Bertz CT molecular complexity index is 594. The van der Waals surface area contributed by atoms with Crippen molar-refractivity contribution < 1.29 is 14.4 Å². The van der Waals surface area contributed by atoms with Crippen molar-refractivity contribution in [1.82, 2.24) is 15.5 Å². The lowest BCUT2D eigenvalue weighted by Crippen LogP contribution is -2.51. The Morgan fingerprint density at radius 3 is 2.50 bits per heavy atom. The van der Waals surface area contributed by atoms with Gasteiger partial charge in [-0.1, -0.05) is 19.1 Å². The van der Waals surface area contributed by atoms with Crippen LogP contribution in [-0.4, -0.2) is 48.3 Å². The van der Waals surface area contributed by atoms with Gasteiger partial charge in [0.25, 0.3) is 11.8 Å². The van der Waals surface area contributed by atoms with Gasteiger partial charge in [0.05, 0.1) is 11.1 Å². The maximum atomic E-state index is 12.2. The number of benzene rings is 1. The molecule has 3 rings (SSSR count).